The van der Waals surface area contributed by atoms with Crippen LogP contribution in [-0.4, -0.2) is 24.3 Å². The Hall–Kier alpha value is -2.40. The van der Waals surface area contributed by atoms with Crippen LogP contribution in [0.3, 0.4) is 0 Å². The summed E-state index contributed by atoms with van der Waals surface area (Å²) < 4.78 is 11.0. The van der Waals surface area contributed by atoms with Gasteiger partial charge in [0.25, 0.3) is 0 Å². The number of rotatable bonds is 6. The first-order chi connectivity index (χ1) is 10.2. The molecule has 110 valence electrons. The van der Waals surface area contributed by atoms with Gasteiger partial charge < -0.3 is 20.4 Å². The highest BCUT2D eigenvalue weighted by Gasteiger charge is 2.00. The zero-order chi connectivity index (χ0) is 15.1. The molecule has 0 spiro atoms. The minimum absolute atomic E-state index is 0.0626. The molecule has 6 heteroatoms. The molecule has 0 aliphatic heterocycles. The fourth-order valence-electron chi connectivity index (χ4n) is 1.63. The van der Waals surface area contributed by atoms with Crippen LogP contribution in [0.25, 0.3) is 0 Å². The second-order valence-corrected chi connectivity index (χ2v) is 4.60. The SMILES string of the molecule is NC(=NO)c1ccc(OCCOc2ccc(Cl)cc2)cc1. The van der Waals surface area contributed by atoms with Gasteiger partial charge in [-0.05, 0) is 48.5 Å². The predicted octanol–water partition coefficient (Wildman–Crippen LogP) is 2.89. The van der Waals surface area contributed by atoms with Gasteiger partial charge in [-0.1, -0.05) is 16.8 Å². The predicted molar refractivity (Wildman–Crippen MR) is 81.4 cm³/mol. The highest BCUT2D eigenvalue weighted by atomic mass is 35.5. The van der Waals surface area contributed by atoms with E-state index in [0.717, 1.165) is 5.75 Å². The van der Waals surface area contributed by atoms with Gasteiger partial charge in [0.15, 0.2) is 5.84 Å². The lowest BCUT2D eigenvalue weighted by molar-refractivity contribution is 0.217. The summed E-state index contributed by atoms with van der Waals surface area (Å²) >= 11 is 5.79. The number of amidine groups is 1. The van der Waals surface area contributed by atoms with Gasteiger partial charge in [-0.3, -0.25) is 0 Å². The molecule has 3 N–H and O–H groups in total. The molecular weight excluding hydrogens is 292 g/mol. The van der Waals surface area contributed by atoms with Crippen molar-refractivity contribution in [3.05, 3.63) is 59.1 Å². The first-order valence-electron chi connectivity index (χ1n) is 6.28. The molecule has 0 aliphatic carbocycles. The van der Waals surface area contributed by atoms with Gasteiger partial charge in [0, 0.05) is 10.6 Å². The van der Waals surface area contributed by atoms with Gasteiger partial charge in [0.2, 0.25) is 0 Å². The van der Waals surface area contributed by atoms with Crippen LogP contribution in [0.4, 0.5) is 0 Å². The van der Waals surface area contributed by atoms with Crippen molar-refractivity contribution in [1.29, 1.82) is 0 Å². The van der Waals surface area contributed by atoms with Gasteiger partial charge in [-0.15, -0.1) is 0 Å². The van der Waals surface area contributed by atoms with Crippen molar-refractivity contribution in [2.75, 3.05) is 13.2 Å². The van der Waals surface area contributed by atoms with E-state index in [1.54, 1.807) is 48.5 Å². The summed E-state index contributed by atoms with van der Waals surface area (Å²) in [6.45, 7) is 0.829. The van der Waals surface area contributed by atoms with Gasteiger partial charge in [0.1, 0.15) is 24.7 Å². The molecule has 0 unspecified atom stereocenters. The molecular formula is C15H15ClN2O3. The molecule has 0 aromatic heterocycles. The molecule has 2 aromatic carbocycles. The molecule has 0 saturated carbocycles. The number of hydrogen-bond donors (Lipinski definition) is 2. The zero-order valence-electron chi connectivity index (χ0n) is 11.2. The Morgan fingerprint density at radius 3 is 1.90 bits per heavy atom. The van der Waals surface area contributed by atoms with Crippen molar-refractivity contribution in [3.63, 3.8) is 0 Å². The lowest BCUT2D eigenvalue weighted by Crippen LogP contribution is -2.13. The van der Waals surface area contributed by atoms with Gasteiger partial charge in [0.05, 0.1) is 0 Å². The number of benzene rings is 2. The van der Waals surface area contributed by atoms with Crippen molar-refractivity contribution in [2.24, 2.45) is 10.9 Å². The zero-order valence-corrected chi connectivity index (χ0v) is 12.0. The van der Waals surface area contributed by atoms with E-state index in [1.165, 1.54) is 0 Å². The van der Waals surface area contributed by atoms with E-state index in [4.69, 9.17) is 32.0 Å². The van der Waals surface area contributed by atoms with E-state index in [2.05, 4.69) is 5.16 Å². The first kappa shape index (κ1) is 15.0. The quantitative estimate of drug-likeness (QED) is 0.283. The second-order valence-electron chi connectivity index (χ2n) is 4.16. The highest BCUT2D eigenvalue weighted by molar-refractivity contribution is 6.30. The number of nitrogens with zero attached hydrogens (tertiary/aromatic N) is 1. The molecule has 5 nitrogen and oxygen atoms in total. The summed E-state index contributed by atoms with van der Waals surface area (Å²) in [5, 5.41) is 12.2. The molecule has 0 atom stereocenters. The minimum Gasteiger partial charge on any atom is -0.490 e. The summed E-state index contributed by atoms with van der Waals surface area (Å²) in [6, 6.07) is 14.1. The average molecular weight is 307 g/mol. The number of nitrogens with two attached hydrogens (primary N) is 1. The number of oxime groups is 1. The van der Waals surface area contributed by atoms with Crippen LogP contribution in [0.1, 0.15) is 5.56 Å². The number of ether oxygens (including phenoxy) is 2. The maximum Gasteiger partial charge on any atom is 0.170 e. The lowest BCUT2D eigenvalue weighted by Gasteiger charge is -2.09. The van der Waals surface area contributed by atoms with Crippen LogP contribution in [-0.2, 0) is 0 Å². The molecule has 2 aromatic rings. The van der Waals surface area contributed by atoms with Crippen molar-refractivity contribution >= 4 is 17.4 Å². The maximum atomic E-state index is 8.56. The van der Waals surface area contributed by atoms with Crippen LogP contribution < -0.4 is 15.2 Å². The van der Waals surface area contributed by atoms with Crippen LogP contribution >= 0.6 is 11.6 Å². The minimum atomic E-state index is 0.0626. The Labute approximate surface area is 127 Å². The topological polar surface area (TPSA) is 77.1 Å². The molecule has 0 heterocycles. The standard InChI is InChI=1S/C15H15ClN2O3/c16-12-3-7-14(8-4-12)21-10-9-20-13-5-1-11(2-6-13)15(17)18-19/h1-8,19H,9-10H2,(H2,17,18). The van der Waals surface area contributed by atoms with Gasteiger partial charge in [-0.25, -0.2) is 0 Å². The Morgan fingerprint density at radius 2 is 1.43 bits per heavy atom. The normalized spacial score (nSPS) is 11.2. The highest BCUT2D eigenvalue weighted by Crippen LogP contribution is 2.16. The van der Waals surface area contributed by atoms with E-state index >= 15 is 0 Å². The van der Waals surface area contributed by atoms with Crippen molar-refractivity contribution in [1.82, 2.24) is 0 Å². The van der Waals surface area contributed by atoms with E-state index in [-0.39, 0.29) is 5.84 Å². The van der Waals surface area contributed by atoms with E-state index in [0.29, 0.717) is 29.5 Å². The van der Waals surface area contributed by atoms with Crippen LogP contribution in [0.15, 0.2) is 53.7 Å². The molecule has 0 fully saturated rings. The summed E-state index contributed by atoms with van der Waals surface area (Å²) in [5.41, 5.74) is 6.10. The maximum absolute atomic E-state index is 8.56. The van der Waals surface area contributed by atoms with Gasteiger partial charge >= 0.3 is 0 Å². The summed E-state index contributed by atoms with van der Waals surface area (Å²) in [7, 11) is 0. The Morgan fingerprint density at radius 1 is 0.952 bits per heavy atom. The lowest BCUT2D eigenvalue weighted by atomic mass is 10.2. The molecule has 0 saturated heterocycles. The molecule has 0 bridgehead atoms. The second kappa shape index (κ2) is 7.40. The van der Waals surface area contributed by atoms with Crippen molar-refractivity contribution in [2.45, 2.75) is 0 Å². The fourth-order valence-corrected chi connectivity index (χ4v) is 1.76. The van der Waals surface area contributed by atoms with Crippen LogP contribution in [0.2, 0.25) is 5.02 Å². The Kier molecular flexibility index (Phi) is 5.29. The van der Waals surface area contributed by atoms with E-state index in [9.17, 15) is 0 Å². The molecule has 21 heavy (non-hydrogen) atoms. The summed E-state index contributed by atoms with van der Waals surface area (Å²) in [6.07, 6.45) is 0. The van der Waals surface area contributed by atoms with Gasteiger partial charge in [-0.2, -0.15) is 0 Å². The molecule has 0 aliphatic rings. The van der Waals surface area contributed by atoms with Crippen LogP contribution in [0, 0.1) is 0 Å². The third-order valence-corrected chi connectivity index (χ3v) is 2.94. The summed E-state index contributed by atoms with van der Waals surface area (Å²) in [4.78, 5) is 0. The smallest absolute Gasteiger partial charge is 0.170 e. The average Bonchev–Trinajstić information content (AvgIpc) is 2.53. The number of hydrogen-bond acceptors (Lipinski definition) is 4. The molecule has 0 amide bonds. The largest absolute Gasteiger partial charge is 0.490 e. The Bertz CT molecular complexity index is 597. The first-order valence-corrected chi connectivity index (χ1v) is 6.66. The van der Waals surface area contributed by atoms with E-state index < -0.39 is 0 Å². The molecule has 2 rings (SSSR count). The van der Waals surface area contributed by atoms with Crippen molar-refractivity contribution < 1.29 is 14.7 Å². The van der Waals surface area contributed by atoms with Crippen molar-refractivity contribution in [3.8, 4) is 11.5 Å². The fraction of sp³-hybridized carbons (Fsp3) is 0.133. The Balaban J connectivity index is 1.77. The monoisotopic (exact) mass is 306 g/mol. The number of halogens is 1. The molecule has 0 radical (unpaired) electrons. The van der Waals surface area contributed by atoms with Crippen LogP contribution in [0.5, 0.6) is 11.5 Å². The van der Waals surface area contributed by atoms with E-state index in [1.807, 2.05) is 0 Å². The third kappa shape index (κ3) is 4.57. The summed E-state index contributed by atoms with van der Waals surface area (Å²) in [5.74, 6) is 1.49. The third-order valence-electron chi connectivity index (χ3n) is 2.69.